The van der Waals surface area contributed by atoms with Crippen LogP contribution in [0.1, 0.15) is 45.0 Å². The van der Waals surface area contributed by atoms with E-state index in [9.17, 15) is 4.79 Å². The van der Waals surface area contributed by atoms with Crippen LogP contribution in [0.3, 0.4) is 0 Å². The van der Waals surface area contributed by atoms with Gasteiger partial charge in [-0.25, -0.2) is 14.8 Å². The van der Waals surface area contributed by atoms with E-state index in [4.69, 9.17) is 9.97 Å². The van der Waals surface area contributed by atoms with Gasteiger partial charge in [0.2, 0.25) is 0 Å². The molecule has 0 atom stereocenters. The zero-order chi connectivity index (χ0) is 42.3. The number of rotatable bonds is 6. The molecule has 2 aliphatic rings. The number of aryl methyl sites for hydroxylation is 4. The van der Waals surface area contributed by atoms with Crippen LogP contribution in [0.4, 0.5) is 16.2 Å². The largest absolute Gasteiger partial charge is 0.354 e. The van der Waals surface area contributed by atoms with Crippen molar-refractivity contribution in [3.63, 3.8) is 0 Å². The quantitative estimate of drug-likeness (QED) is 0.135. The molecule has 5 heterocycles. The highest BCUT2D eigenvalue weighted by Crippen LogP contribution is 2.39. The third kappa shape index (κ3) is 7.41. The van der Waals surface area contributed by atoms with Gasteiger partial charge in [-0.15, -0.1) is 0 Å². The molecule has 0 saturated carbocycles. The number of nitrogens with zero attached hydrogens (tertiary/aromatic N) is 2. The maximum absolute atomic E-state index is 13.3. The SMILES string of the molecule is Cc1ccc(-c2c3nc(c(-c4ccc(C)cc4)c4ccc([nH]4)c(-c4ccc(C)c(NC(=O)Nc5ccccc5)c4)c4nc(c(-c5ccc(C)cc5)c5ccc2[nH]5)C=C4)C=C3)cc1. The van der Waals surface area contributed by atoms with Gasteiger partial charge in [-0.2, -0.15) is 0 Å². The van der Waals surface area contributed by atoms with E-state index in [1.807, 2.05) is 49.4 Å². The van der Waals surface area contributed by atoms with Crippen molar-refractivity contribution in [2.24, 2.45) is 0 Å². The summed E-state index contributed by atoms with van der Waals surface area (Å²) in [7, 11) is 0. The lowest BCUT2D eigenvalue weighted by atomic mass is 10.0. The second-order valence-corrected chi connectivity index (χ2v) is 16.1. The minimum Gasteiger partial charge on any atom is -0.354 e. The monoisotopic (exact) mass is 804 g/mol. The van der Waals surface area contributed by atoms with Gasteiger partial charge in [0, 0.05) is 55.7 Å². The molecule has 7 heteroatoms. The van der Waals surface area contributed by atoms with Gasteiger partial charge in [-0.05, 0) is 122 Å². The van der Waals surface area contributed by atoms with Crippen LogP contribution in [0.25, 0.3) is 90.9 Å². The Balaban J connectivity index is 1.28. The smallest absolute Gasteiger partial charge is 0.323 e. The van der Waals surface area contributed by atoms with Gasteiger partial charge in [0.05, 0.1) is 22.8 Å². The molecule has 0 radical (unpaired) electrons. The van der Waals surface area contributed by atoms with Gasteiger partial charge in [0.15, 0.2) is 0 Å². The fourth-order valence-corrected chi connectivity index (χ4v) is 8.30. The first-order chi connectivity index (χ1) is 30.2. The standard InChI is InChI=1S/C55H44N6O/c1-33-10-17-37(18-11-33)51-42-24-26-44(57-42)52(38-19-12-34(2)13-20-38)46-28-30-48(59-46)54(40-23-16-36(4)50(32-40)61-55(62)56-41-8-6-5-7-9-41)49-31-29-47(60-49)53(45-27-25-43(51)58-45)39-21-14-35(3)15-22-39/h5-32,57,60H,1-4H3,(H2,56,61,62). The van der Waals surface area contributed by atoms with Crippen LogP contribution >= 0.6 is 0 Å². The van der Waals surface area contributed by atoms with Gasteiger partial charge >= 0.3 is 6.03 Å². The molecule has 62 heavy (non-hydrogen) atoms. The first-order valence-corrected chi connectivity index (χ1v) is 20.9. The molecular weight excluding hydrogens is 761 g/mol. The number of nitrogens with one attached hydrogen (secondary N) is 4. The summed E-state index contributed by atoms with van der Waals surface area (Å²) in [6, 6.07) is 49.7. The number of fused-ring (bicyclic) bond motifs is 8. The third-order valence-corrected chi connectivity index (χ3v) is 11.6. The molecule has 2 amide bonds. The molecule has 300 valence electrons. The first kappa shape index (κ1) is 38.2. The number of amides is 2. The number of aromatic amines is 2. The number of urea groups is 1. The summed E-state index contributed by atoms with van der Waals surface area (Å²) in [5, 5.41) is 6.06. The molecule has 0 unspecified atom stereocenters. The molecule has 0 aliphatic carbocycles. The number of anilines is 2. The molecule has 4 N–H and O–H groups in total. The van der Waals surface area contributed by atoms with Crippen molar-refractivity contribution in [3.8, 4) is 44.5 Å². The van der Waals surface area contributed by atoms with Crippen LogP contribution in [0.5, 0.6) is 0 Å². The van der Waals surface area contributed by atoms with E-state index in [2.05, 4.69) is 169 Å². The molecule has 2 aliphatic heterocycles. The summed E-state index contributed by atoms with van der Waals surface area (Å²) in [4.78, 5) is 31.9. The van der Waals surface area contributed by atoms with E-state index in [0.29, 0.717) is 11.4 Å². The van der Waals surface area contributed by atoms with Crippen LogP contribution < -0.4 is 10.6 Å². The van der Waals surface area contributed by atoms with Crippen molar-refractivity contribution in [2.45, 2.75) is 27.7 Å². The minimum absolute atomic E-state index is 0.320. The van der Waals surface area contributed by atoms with Crippen molar-refractivity contribution in [3.05, 3.63) is 191 Å². The molecule has 5 aromatic carbocycles. The number of carbonyl (C=O) groups excluding carboxylic acids is 1. The van der Waals surface area contributed by atoms with Gasteiger partial charge in [-0.3, -0.25) is 0 Å². The third-order valence-electron chi connectivity index (χ3n) is 11.6. The number of benzene rings is 5. The number of carbonyl (C=O) groups is 1. The summed E-state index contributed by atoms with van der Waals surface area (Å²) in [5.74, 6) is 0. The lowest BCUT2D eigenvalue weighted by Crippen LogP contribution is -2.19. The first-order valence-electron chi connectivity index (χ1n) is 20.9. The van der Waals surface area contributed by atoms with Crippen LogP contribution in [-0.4, -0.2) is 26.0 Å². The molecule has 8 bridgehead atoms. The molecule has 3 aromatic heterocycles. The number of H-pyrrole nitrogens is 2. The van der Waals surface area contributed by atoms with Crippen LogP contribution in [0.2, 0.25) is 0 Å². The maximum atomic E-state index is 13.3. The van der Waals surface area contributed by atoms with E-state index in [1.165, 1.54) is 16.7 Å². The van der Waals surface area contributed by atoms with Crippen molar-refractivity contribution in [2.75, 3.05) is 10.6 Å². The predicted molar refractivity (Wildman–Crippen MR) is 259 cm³/mol. The highest BCUT2D eigenvalue weighted by molar-refractivity contribution is 6.03. The molecule has 7 nitrogen and oxygen atoms in total. The van der Waals surface area contributed by atoms with Crippen molar-refractivity contribution in [1.29, 1.82) is 0 Å². The second-order valence-electron chi connectivity index (χ2n) is 16.1. The topological polar surface area (TPSA) is 98.5 Å². The van der Waals surface area contributed by atoms with Gasteiger partial charge in [-0.1, -0.05) is 120 Å². The van der Waals surface area contributed by atoms with E-state index >= 15 is 0 Å². The van der Waals surface area contributed by atoms with E-state index in [0.717, 1.165) is 94.9 Å². The van der Waals surface area contributed by atoms with Crippen LogP contribution in [0, 0.1) is 27.7 Å². The Labute approximate surface area is 360 Å². The number of hydrogen-bond acceptors (Lipinski definition) is 3. The second kappa shape index (κ2) is 15.9. The summed E-state index contributed by atoms with van der Waals surface area (Å²) in [6.45, 7) is 8.31. The van der Waals surface area contributed by atoms with E-state index in [1.54, 1.807) is 0 Å². The zero-order valence-electron chi connectivity index (χ0n) is 35.0. The average Bonchev–Trinajstić information content (AvgIpc) is 4.12. The van der Waals surface area contributed by atoms with Crippen molar-refractivity contribution >= 4 is 63.8 Å². The molecule has 0 saturated heterocycles. The van der Waals surface area contributed by atoms with Gasteiger partial charge < -0.3 is 20.6 Å². The Morgan fingerprint density at radius 1 is 0.419 bits per heavy atom. The molecule has 10 rings (SSSR count). The fraction of sp³-hybridized carbons (Fsp3) is 0.0727. The maximum Gasteiger partial charge on any atom is 0.323 e. The Morgan fingerprint density at radius 2 is 0.790 bits per heavy atom. The van der Waals surface area contributed by atoms with Crippen LogP contribution in [0.15, 0.2) is 146 Å². The minimum atomic E-state index is -0.320. The average molecular weight is 805 g/mol. The summed E-state index contributed by atoms with van der Waals surface area (Å²) >= 11 is 0. The highest BCUT2D eigenvalue weighted by atomic mass is 16.2. The summed E-state index contributed by atoms with van der Waals surface area (Å²) < 4.78 is 0. The van der Waals surface area contributed by atoms with Gasteiger partial charge in [0.25, 0.3) is 0 Å². The van der Waals surface area contributed by atoms with Crippen molar-refractivity contribution in [1.82, 2.24) is 19.9 Å². The molecule has 8 aromatic rings. The molecular formula is C55H44N6O. The number of para-hydroxylation sites is 1. The molecule has 0 spiro atoms. The Hall–Kier alpha value is -8.03. The Kier molecular flexibility index (Phi) is 9.77. The molecule has 0 fully saturated rings. The number of hydrogen-bond donors (Lipinski definition) is 4. The fourth-order valence-electron chi connectivity index (χ4n) is 8.30. The Morgan fingerprint density at radius 3 is 1.19 bits per heavy atom. The predicted octanol–water partition coefficient (Wildman–Crippen LogP) is 14.2. The van der Waals surface area contributed by atoms with Crippen LogP contribution in [-0.2, 0) is 0 Å². The lowest BCUT2D eigenvalue weighted by molar-refractivity contribution is 0.262. The lowest BCUT2D eigenvalue weighted by Gasteiger charge is -2.13. The Bertz CT molecular complexity index is 3220. The van der Waals surface area contributed by atoms with E-state index in [-0.39, 0.29) is 6.03 Å². The number of aromatic nitrogens is 4. The zero-order valence-corrected chi connectivity index (χ0v) is 35.0. The van der Waals surface area contributed by atoms with Crippen molar-refractivity contribution < 1.29 is 4.79 Å². The summed E-state index contributed by atoms with van der Waals surface area (Å²) in [5.41, 5.74) is 20.9. The summed E-state index contributed by atoms with van der Waals surface area (Å²) in [6.07, 6.45) is 8.45. The van der Waals surface area contributed by atoms with Gasteiger partial charge in [0.1, 0.15) is 0 Å². The normalized spacial score (nSPS) is 11.8. The highest BCUT2D eigenvalue weighted by Gasteiger charge is 2.20. The van der Waals surface area contributed by atoms with E-state index < -0.39 is 0 Å².